The maximum Gasteiger partial charge on any atom is 0.337 e. The molecule has 2 aliphatic heterocycles. The number of esters is 1. The molecule has 1 saturated heterocycles. The summed E-state index contributed by atoms with van der Waals surface area (Å²) in [6, 6.07) is 5.85. The van der Waals surface area contributed by atoms with Crippen LogP contribution in [0.25, 0.3) is 16.5 Å². The first kappa shape index (κ1) is 23.3. The summed E-state index contributed by atoms with van der Waals surface area (Å²) >= 11 is 0. The van der Waals surface area contributed by atoms with Crippen molar-refractivity contribution in [2.24, 2.45) is 0 Å². The van der Waals surface area contributed by atoms with Crippen molar-refractivity contribution < 1.29 is 18.7 Å². The number of carbonyl (C=O) groups excluding carboxylic acids is 2. The number of ether oxygens (including phenoxy) is 1. The van der Waals surface area contributed by atoms with Crippen LogP contribution < -0.4 is 0 Å². The molecule has 2 aliphatic carbocycles. The largest absolute Gasteiger partial charge is 0.465 e. The van der Waals surface area contributed by atoms with Gasteiger partial charge in [-0.2, -0.15) is 0 Å². The third-order valence-corrected chi connectivity index (χ3v) is 8.37. The number of hydrogen-bond donors (Lipinski definition) is 0. The fraction of sp³-hybridized carbons (Fsp3) is 0.467. The van der Waals surface area contributed by atoms with Crippen LogP contribution in [0.1, 0.15) is 78.9 Å². The molecule has 0 unspecified atom stereocenters. The summed E-state index contributed by atoms with van der Waals surface area (Å²) in [6.07, 6.45) is 13.8. The Morgan fingerprint density at radius 3 is 2.69 bits per heavy atom. The van der Waals surface area contributed by atoms with Gasteiger partial charge in [0.1, 0.15) is 6.17 Å². The number of fused-ring (bicyclic) bond motifs is 4. The highest BCUT2D eigenvalue weighted by atomic mass is 19.1. The number of allylic oxidation sites excluding steroid dienone is 5. The zero-order chi connectivity index (χ0) is 24.8. The average molecular weight is 489 g/mol. The van der Waals surface area contributed by atoms with E-state index in [0.29, 0.717) is 36.6 Å². The van der Waals surface area contributed by atoms with Crippen LogP contribution in [0.3, 0.4) is 0 Å². The van der Waals surface area contributed by atoms with E-state index in [1.807, 2.05) is 12.1 Å². The summed E-state index contributed by atoms with van der Waals surface area (Å²) in [5, 5.41) is 1.16. The van der Waals surface area contributed by atoms with E-state index in [1.165, 1.54) is 48.8 Å². The summed E-state index contributed by atoms with van der Waals surface area (Å²) in [4.78, 5) is 27.7. The molecule has 0 N–H and O–H groups in total. The van der Waals surface area contributed by atoms with Crippen molar-refractivity contribution in [3.63, 3.8) is 0 Å². The number of rotatable bonds is 3. The molecule has 4 aliphatic rings. The third kappa shape index (κ3) is 3.91. The van der Waals surface area contributed by atoms with Gasteiger partial charge in [-0.1, -0.05) is 37.5 Å². The van der Waals surface area contributed by atoms with Crippen LogP contribution in [-0.4, -0.2) is 47.7 Å². The molecule has 1 saturated carbocycles. The van der Waals surface area contributed by atoms with Gasteiger partial charge in [0, 0.05) is 28.6 Å². The first-order valence-corrected chi connectivity index (χ1v) is 13.3. The zero-order valence-corrected chi connectivity index (χ0v) is 20.9. The minimum Gasteiger partial charge on any atom is -0.465 e. The predicted molar refractivity (Wildman–Crippen MR) is 139 cm³/mol. The fourth-order valence-electron chi connectivity index (χ4n) is 6.60. The van der Waals surface area contributed by atoms with Gasteiger partial charge in [0.05, 0.1) is 31.5 Å². The number of carbonyl (C=O) groups is 2. The molecule has 5 nitrogen and oxygen atoms in total. The summed E-state index contributed by atoms with van der Waals surface area (Å²) in [6.45, 7) is 1.04. The molecular weight excluding hydrogens is 455 g/mol. The lowest BCUT2D eigenvalue weighted by molar-refractivity contribution is -0.126. The van der Waals surface area contributed by atoms with Crippen molar-refractivity contribution in [1.82, 2.24) is 9.47 Å². The second-order valence-corrected chi connectivity index (χ2v) is 10.6. The molecular formula is C30H33FN2O3. The molecule has 2 fully saturated rings. The van der Waals surface area contributed by atoms with Gasteiger partial charge in [-0.05, 0) is 67.4 Å². The second-order valence-electron chi connectivity index (χ2n) is 10.6. The highest BCUT2D eigenvalue weighted by Crippen LogP contribution is 2.46. The molecule has 0 spiro atoms. The van der Waals surface area contributed by atoms with Crippen molar-refractivity contribution in [2.45, 2.75) is 70.0 Å². The molecule has 36 heavy (non-hydrogen) atoms. The monoisotopic (exact) mass is 488 g/mol. The van der Waals surface area contributed by atoms with E-state index in [1.54, 1.807) is 4.90 Å². The van der Waals surface area contributed by atoms with Gasteiger partial charge in [0.2, 0.25) is 0 Å². The highest BCUT2D eigenvalue weighted by molar-refractivity contribution is 6.01. The number of methoxy groups -OCH3 is 1. The van der Waals surface area contributed by atoms with Crippen molar-refractivity contribution >= 4 is 28.4 Å². The molecule has 1 aromatic carbocycles. The van der Waals surface area contributed by atoms with E-state index in [0.717, 1.165) is 36.6 Å². The molecule has 6 heteroatoms. The molecule has 6 rings (SSSR count). The number of amides is 1. The van der Waals surface area contributed by atoms with Crippen LogP contribution in [0.4, 0.5) is 4.39 Å². The molecule has 1 atom stereocenters. The van der Waals surface area contributed by atoms with Crippen LogP contribution in [-0.2, 0) is 16.1 Å². The first-order valence-electron chi connectivity index (χ1n) is 13.3. The summed E-state index contributed by atoms with van der Waals surface area (Å²) < 4.78 is 21.2. The molecule has 0 bridgehead atoms. The highest BCUT2D eigenvalue weighted by Gasteiger charge is 2.33. The fourth-order valence-corrected chi connectivity index (χ4v) is 6.60. The van der Waals surface area contributed by atoms with Gasteiger partial charge in [-0.15, -0.1) is 0 Å². The van der Waals surface area contributed by atoms with Gasteiger partial charge < -0.3 is 14.2 Å². The number of hydrogen-bond acceptors (Lipinski definition) is 3. The van der Waals surface area contributed by atoms with E-state index < -0.39 is 6.17 Å². The topological polar surface area (TPSA) is 51.5 Å². The standard InChI is InChI=1S/C30H33FN2O3/c1-36-30(35)21-11-12-25-26(16-21)33-17-22(29(34)32-14-13-23(31)18-32)15-20-9-5-6-10-24(20)28(33)27(25)19-7-3-2-4-8-19/h6,10-12,15-16,19,23H,2-5,7-9,13-14,17-18H2,1H3/t23-/m1/s1. The number of halogens is 1. The number of likely N-dealkylation sites (tertiary alicyclic amines) is 1. The lowest BCUT2D eigenvalue weighted by Crippen LogP contribution is -2.31. The van der Waals surface area contributed by atoms with Gasteiger partial charge in [-0.3, -0.25) is 4.79 Å². The van der Waals surface area contributed by atoms with Gasteiger partial charge >= 0.3 is 5.97 Å². The summed E-state index contributed by atoms with van der Waals surface area (Å²) in [5.41, 5.74) is 7.08. The SMILES string of the molecule is COC(=O)c1ccc2c(C3CCCCC3)c3n(c2c1)CC(C(=O)N1CC[C@@H](F)C1)=CC1=C3C=CCC1. The van der Waals surface area contributed by atoms with Crippen molar-refractivity contribution in [2.75, 3.05) is 20.2 Å². The normalized spacial score (nSPS) is 22.3. The first-order chi connectivity index (χ1) is 17.5. The van der Waals surface area contributed by atoms with Crippen molar-refractivity contribution in [1.29, 1.82) is 0 Å². The van der Waals surface area contributed by atoms with Crippen molar-refractivity contribution in [3.05, 3.63) is 64.4 Å². The number of alkyl halides is 1. The molecule has 1 aromatic heterocycles. The lowest BCUT2D eigenvalue weighted by atomic mass is 9.80. The summed E-state index contributed by atoms with van der Waals surface area (Å²) in [5.74, 6) is 0.0129. The summed E-state index contributed by atoms with van der Waals surface area (Å²) in [7, 11) is 1.40. The van der Waals surface area contributed by atoms with Gasteiger partial charge in [-0.25, -0.2) is 9.18 Å². The van der Waals surface area contributed by atoms with Crippen LogP contribution >= 0.6 is 0 Å². The van der Waals surface area contributed by atoms with Gasteiger partial charge in [0.25, 0.3) is 5.91 Å². The number of benzene rings is 1. The molecule has 2 aromatic rings. The Labute approximate surface area is 211 Å². The molecule has 0 radical (unpaired) electrons. The minimum absolute atomic E-state index is 0.0745. The van der Waals surface area contributed by atoms with E-state index in [4.69, 9.17) is 4.74 Å². The minimum atomic E-state index is -0.948. The van der Waals surface area contributed by atoms with Crippen LogP contribution in [0.2, 0.25) is 0 Å². The van der Waals surface area contributed by atoms with Gasteiger partial charge in [0.15, 0.2) is 0 Å². The second kappa shape index (κ2) is 9.38. The van der Waals surface area contributed by atoms with Crippen LogP contribution in [0.15, 0.2) is 47.6 Å². The van der Waals surface area contributed by atoms with E-state index >= 15 is 0 Å². The Hall–Kier alpha value is -3.15. The number of aromatic nitrogens is 1. The Morgan fingerprint density at radius 2 is 1.94 bits per heavy atom. The molecule has 3 heterocycles. The third-order valence-electron chi connectivity index (χ3n) is 8.37. The maximum atomic E-state index is 14.0. The van der Waals surface area contributed by atoms with E-state index in [9.17, 15) is 14.0 Å². The molecule has 188 valence electrons. The predicted octanol–water partition coefficient (Wildman–Crippen LogP) is 6.09. The van der Waals surface area contributed by atoms with Crippen molar-refractivity contribution in [3.8, 4) is 0 Å². The average Bonchev–Trinajstić information content (AvgIpc) is 3.43. The quantitative estimate of drug-likeness (QED) is 0.492. The Morgan fingerprint density at radius 1 is 1.11 bits per heavy atom. The van der Waals surface area contributed by atoms with E-state index in [-0.39, 0.29) is 18.4 Å². The smallest absolute Gasteiger partial charge is 0.337 e. The van der Waals surface area contributed by atoms with Crippen LogP contribution in [0, 0.1) is 0 Å². The zero-order valence-electron chi connectivity index (χ0n) is 20.9. The Balaban J connectivity index is 1.57. The lowest BCUT2D eigenvalue weighted by Gasteiger charge is -2.24. The van der Waals surface area contributed by atoms with E-state index in [2.05, 4.69) is 28.9 Å². The Kier molecular flexibility index (Phi) is 6.06. The molecule has 1 amide bonds. The number of nitrogens with zero attached hydrogens (tertiary/aromatic N) is 2. The Bertz CT molecular complexity index is 1330. The van der Waals surface area contributed by atoms with Crippen LogP contribution in [0.5, 0.6) is 0 Å². The maximum absolute atomic E-state index is 14.0.